The van der Waals surface area contributed by atoms with Gasteiger partial charge in [0.1, 0.15) is 22.3 Å². The lowest BCUT2D eigenvalue weighted by molar-refractivity contribution is 0.669. The Bertz CT molecular complexity index is 2850. The molecule has 0 spiro atoms. The van der Waals surface area contributed by atoms with Crippen LogP contribution in [0.1, 0.15) is 0 Å². The molecule has 10 rings (SSSR count). The highest BCUT2D eigenvalue weighted by Gasteiger charge is 2.16. The maximum atomic E-state index is 6.32. The predicted octanol–water partition coefficient (Wildman–Crippen LogP) is 12.0. The third-order valence-corrected chi connectivity index (χ3v) is 9.38. The summed E-state index contributed by atoms with van der Waals surface area (Å²) in [7, 11) is 0. The van der Waals surface area contributed by atoms with Crippen molar-refractivity contribution in [1.29, 1.82) is 0 Å². The van der Waals surface area contributed by atoms with Crippen LogP contribution in [0.5, 0.6) is 0 Å². The van der Waals surface area contributed by atoms with Crippen molar-refractivity contribution in [2.24, 2.45) is 0 Å². The fourth-order valence-corrected chi connectivity index (χ4v) is 6.94. The van der Waals surface area contributed by atoms with Crippen LogP contribution in [0.25, 0.3) is 100 Å². The summed E-state index contributed by atoms with van der Waals surface area (Å²) in [5.41, 5.74) is 10.6. The van der Waals surface area contributed by atoms with Crippen LogP contribution in [-0.2, 0) is 0 Å². The van der Waals surface area contributed by atoms with Gasteiger partial charge in [0.25, 0.3) is 0 Å². The van der Waals surface area contributed by atoms with Crippen LogP contribution in [0, 0.1) is 0 Å². The summed E-state index contributed by atoms with van der Waals surface area (Å²) in [4.78, 5) is 14.9. The molecule has 0 aliphatic rings. The topological polar surface area (TPSA) is 65.0 Å². The first-order valence-corrected chi connectivity index (χ1v) is 16.6. The molecule has 0 saturated heterocycles. The molecule has 10 aromatic rings. The number of hydrogen-bond acceptors (Lipinski definition) is 5. The van der Waals surface area contributed by atoms with Gasteiger partial charge in [-0.05, 0) is 34.9 Å². The van der Waals surface area contributed by atoms with Gasteiger partial charge >= 0.3 is 0 Å². The van der Waals surface area contributed by atoms with E-state index in [1.54, 1.807) is 0 Å². The maximum absolute atomic E-state index is 6.32. The van der Waals surface area contributed by atoms with Gasteiger partial charge in [0.05, 0.1) is 0 Å². The van der Waals surface area contributed by atoms with Crippen molar-refractivity contribution in [3.63, 3.8) is 0 Å². The number of hydrogen-bond donors (Lipinski definition) is 0. The van der Waals surface area contributed by atoms with Crippen molar-refractivity contribution in [2.75, 3.05) is 0 Å². The summed E-state index contributed by atoms with van der Waals surface area (Å²) in [6.07, 6.45) is 0. The van der Waals surface area contributed by atoms with Crippen LogP contribution < -0.4 is 0 Å². The van der Waals surface area contributed by atoms with E-state index in [-0.39, 0.29) is 0 Å². The maximum Gasteiger partial charge on any atom is 0.164 e. The standard InChI is InChI=1S/C45H27N3O2/c1-2-10-30(11-3-1)43-46-44(31-24-20-28(21-25-31)33-14-9-19-40-41(33)37-13-5-7-18-39(37)49-40)48-45(47-43)32-26-22-29(23-27-32)34-15-8-16-36-35-12-4-6-17-38(35)50-42(34)36/h1-27H. The van der Waals surface area contributed by atoms with E-state index in [1.807, 2.05) is 72.8 Å². The van der Waals surface area contributed by atoms with Crippen molar-refractivity contribution in [3.05, 3.63) is 164 Å². The zero-order valence-corrected chi connectivity index (χ0v) is 26.7. The summed E-state index contributed by atoms with van der Waals surface area (Å²) in [6, 6.07) is 55.7. The molecule has 0 fully saturated rings. The van der Waals surface area contributed by atoms with Gasteiger partial charge in [-0.15, -0.1) is 0 Å². The molecular formula is C45H27N3O2. The Kier molecular flexibility index (Phi) is 6.42. The molecule has 5 heteroatoms. The van der Waals surface area contributed by atoms with E-state index in [0.717, 1.165) is 82.8 Å². The highest BCUT2D eigenvalue weighted by Crippen LogP contribution is 2.38. The van der Waals surface area contributed by atoms with E-state index < -0.39 is 0 Å². The van der Waals surface area contributed by atoms with Crippen LogP contribution >= 0.6 is 0 Å². The van der Waals surface area contributed by atoms with Crippen LogP contribution in [0.15, 0.2) is 173 Å². The van der Waals surface area contributed by atoms with Crippen molar-refractivity contribution in [2.45, 2.75) is 0 Å². The zero-order chi connectivity index (χ0) is 33.0. The largest absolute Gasteiger partial charge is 0.456 e. The van der Waals surface area contributed by atoms with Gasteiger partial charge in [-0.3, -0.25) is 0 Å². The molecule has 0 atom stereocenters. The molecule has 3 heterocycles. The van der Waals surface area contributed by atoms with Crippen LogP contribution in [0.4, 0.5) is 0 Å². The van der Waals surface area contributed by atoms with E-state index in [1.165, 1.54) is 0 Å². The molecule has 0 amide bonds. The molecule has 0 bridgehead atoms. The highest BCUT2D eigenvalue weighted by atomic mass is 16.3. The molecule has 0 saturated carbocycles. The average molecular weight is 642 g/mol. The van der Waals surface area contributed by atoms with Gasteiger partial charge in [0.2, 0.25) is 0 Å². The molecule has 0 aliphatic heterocycles. The number of benzene rings is 7. The molecular weight excluding hydrogens is 615 g/mol. The smallest absolute Gasteiger partial charge is 0.164 e. The van der Waals surface area contributed by atoms with E-state index in [4.69, 9.17) is 23.8 Å². The summed E-state index contributed by atoms with van der Waals surface area (Å²) in [5.74, 6) is 1.85. The molecule has 0 aliphatic carbocycles. The summed E-state index contributed by atoms with van der Waals surface area (Å²) in [5, 5.41) is 4.45. The van der Waals surface area contributed by atoms with Crippen LogP contribution in [0.3, 0.4) is 0 Å². The van der Waals surface area contributed by atoms with E-state index in [9.17, 15) is 0 Å². The monoisotopic (exact) mass is 641 g/mol. The average Bonchev–Trinajstić information content (AvgIpc) is 3.77. The predicted molar refractivity (Wildman–Crippen MR) is 202 cm³/mol. The first-order valence-electron chi connectivity index (χ1n) is 16.6. The van der Waals surface area contributed by atoms with Gasteiger partial charge in [0.15, 0.2) is 17.5 Å². The Hall–Kier alpha value is -6.85. The summed E-state index contributed by atoms with van der Waals surface area (Å²) in [6.45, 7) is 0. The van der Waals surface area contributed by atoms with Crippen molar-refractivity contribution >= 4 is 43.9 Å². The van der Waals surface area contributed by atoms with Crippen molar-refractivity contribution in [3.8, 4) is 56.4 Å². The summed E-state index contributed by atoms with van der Waals surface area (Å²) >= 11 is 0. The van der Waals surface area contributed by atoms with E-state index >= 15 is 0 Å². The molecule has 50 heavy (non-hydrogen) atoms. The second kappa shape index (κ2) is 11.4. The Morgan fingerprint density at radius 1 is 0.300 bits per heavy atom. The third-order valence-electron chi connectivity index (χ3n) is 9.38. The fourth-order valence-electron chi connectivity index (χ4n) is 6.94. The van der Waals surface area contributed by atoms with Crippen molar-refractivity contribution < 1.29 is 8.83 Å². The normalized spacial score (nSPS) is 11.6. The number of aromatic nitrogens is 3. The first-order chi connectivity index (χ1) is 24.8. The Morgan fingerprint density at radius 2 is 0.760 bits per heavy atom. The SMILES string of the molecule is c1ccc(-c2nc(-c3ccc(-c4cccc5c4oc4ccccc45)cc3)nc(-c3ccc(-c4cccc5oc6ccccc6c45)cc3)n2)cc1. The van der Waals surface area contributed by atoms with E-state index in [2.05, 4.69) is 91.0 Å². The van der Waals surface area contributed by atoms with Crippen LogP contribution in [0.2, 0.25) is 0 Å². The number of fused-ring (bicyclic) bond motifs is 6. The zero-order valence-electron chi connectivity index (χ0n) is 26.7. The fraction of sp³-hybridized carbons (Fsp3) is 0. The molecule has 0 unspecified atom stereocenters. The Labute approximate surface area is 287 Å². The van der Waals surface area contributed by atoms with Gasteiger partial charge in [0, 0.05) is 43.8 Å². The number of nitrogens with zero attached hydrogens (tertiary/aromatic N) is 3. The Balaban J connectivity index is 1.05. The molecule has 0 radical (unpaired) electrons. The Morgan fingerprint density at radius 3 is 1.44 bits per heavy atom. The van der Waals surface area contributed by atoms with Crippen LogP contribution in [-0.4, -0.2) is 15.0 Å². The molecule has 5 nitrogen and oxygen atoms in total. The minimum Gasteiger partial charge on any atom is -0.456 e. The summed E-state index contributed by atoms with van der Waals surface area (Å²) < 4.78 is 12.5. The number of para-hydroxylation sites is 3. The minimum absolute atomic E-state index is 0.612. The van der Waals surface area contributed by atoms with Gasteiger partial charge < -0.3 is 8.83 Å². The highest BCUT2D eigenvalue weighted by molar-refractivity contribution is 6.12. The van der Waals surface area contributed by atoms with Gasteiger partial charge in [-0.25, -0.2) is 15.0 Å². The third kappa shape index (κ3) is 4.67. The first kappa shape index (κ1) is 28.2. The molecule has 0 N–H and O–H groups in total. The molecule has 3 aromatic heterocycles. The second-order valence-electron chi connectivity index (χ2n) is 12.4. The van der Waals surface area contributed by atoms with Crippen molar-refractivity contribution in [1.82, 2.24) is 15.0 Å². The lowest BCUT2D eigenvalue weighted by Gasteiger charge is -2.10. The number of rotatable bonds is 5. The molecule has 7 aromatic carbocycles. The van der Waals surface area contributed by atoms with Gasteiger partial charge in [-0.2, -0.15) is 0 Å². The minimum atomic E-state index is 0.612. The second-order valence-corrected chi connectivity index (χ2v) is 12.4. The lowest BCUT2D eigenvalue weighted by atomic mass is 9.98. The quantitative estimate of drug-likeness (QED) is 0.187. The molecule has 234 valence electrons. The lowest BCUT2D eigenvalue weighted by Crippen LogP contribution is -2.00. The van der Waals surface area contributed by atoms with E-state index in [0.29, 0.717) is 17.5 Å². The van der Waals surface area contributed by atoms with Gasteiger partial charge in [-0.1, -0.05) is 146 Å². The number of furan rings is 2.